The summed E-state index contributed by atoms with van der Waals surface area (Å²) in [4.78, 5) is 13.5. The molecule has 5 heteroatoms. The molecule has 0 atom stereocenters. The Bertz CT molecular complexity index is 396. The molecule has 1 amide bonds. The summed E-state index contributed by atoms with van der Waals surface area (Å²) in [5.41, 5.74) is 5.33. The molecule has 0 aromatic heterocycles. The number of methoxy groups -OCH3 is 1. The number of amides is 1. The SMILES string of the molecule is COc1cccc(F)c1C(=O)N(C)CCCN. The van der Waals surface area contributed by atoms with Crippen molar-refractivity contribution < 1.29 is 13.9 Å². The van der Waals surface area contributed by atoms with Gasteiger partial charge >= 0.3 is 0 Å². The van der Waals surface area contributed by atoms with Crippen molar-refractivity contribution >= 4 is 5.91 Å². The number of rotatable bonds is 5. The summed E-state index contributed by atoms with van der Waals surface area (Å²) in [5.74, 6) is -0.725. The number of carbonyl (C=O) groups excluding carboxylic acids is 1. The van der Waals surface area contributed by atoms with Crippen molar-refractivity contribution in [1.82, 2.24) is 4.90 Å². The van der Waals surface area contributed by atoms with Gasteiger partial charge in [-0.05, 0) is 25.1 Å². The van der Waals surface area contributed by atoms with Crippen LogP contribution in [0.3, 0.4) is 0 Å². The third-order valence-corrected chi connectivity index (χ3v) is 2.45. The van der Waals surface area contributed by atoms with Crippen molar-refractivity contribution in [2.75, 3.05) is 27.2 Å². The number of hydrogen-bond donors (Lipinski definition) is 1. The quantitative estimate of drug-likeness (QED) is 0.842. The second-order valence-electron chi connectivity index (χ2n) is 3.69. The van der Waals surface area contributed by atoms with Crippen LogP contribution in [0.5, 0.6) is 5.75 Å². The topological polar surface area (TPSA) is 55.6 Å². The summed E-state index contributed by atoms with van der Waals surface area (Å²) in [7, 11) is 3.02. The maximum atomic E-state index is 13.6. The number of nitrogens with zero attached hydrogens (tertiary/aromatic N) is 1. The Morgan fingerprint density at radius 3 is 2.82 bits per heavy atom. The summed E-state index contributed by atoms with van der Waals surface area (Å²) in [6.07, 6.45) is 0.680. The average Bonchev–Trinajstić information content (AvgIpc) is 2.34. The van der Waals surface area contributed by atoms with E-state index in [9.17, 15) is 9.18 Å². The smallest absolute Gasteiger partial charge is 0.260 e. The molecule has 0 radical (unpaired) electrons. The van der Waals surface area contributed by atoms with E-state index in [-0.39, 0.29) is 11.3 Å². The molecule has 2 N–H and O–H groups in total. The Labute approximate surface area is 100 Å². The molecule has 0 spiro atoms. The fourth-order valence-corrected chi connectivity index (χ4v) is 1.50. The Morgan fingerprint density at radius 1 is 1.53 bits per heavy atom. The normalized spacial score (nSPS) is 10.1. The van der Waals surface area contributed by atoms with Gasteiger partial charge in [0.25, 0.3) is 5.91 Å². The molecule has 1 rings (SSSR count). The van der Waals surface area contributed by atoms with Crippen LogP contribution in [0.4, 0.5) is 4.39 Å². The van der Waals surface area contributed by atoms with E-state index < -0.39 is 11.7 Å². The fraction of sp³-hybridized carbons (Fsp3) is 0.417. The van der Waals surface area contributed by atoms with Crippen LogP contribution >= 0.6 is 0 Å². The largest absolute Gasteiger partial charge is 0.496 e. The van der Waals surface area contributed by atoms with Crippen molar-refractivity contribution in [3.05, 3.63) is 29.6 Å². The van der Waals surface area contributed by atoms with E-state index in [0.29, 0.717) is 19.5 Å². The van der Waals surface area contributed by atoms with Crippen molar-refractivity contribution in [2.45, 2.75) is 6.42 Å². The third kappa shape index (κ3) is 3.17. The Morgan fingerprint density at radius 2 is 2.24 bits per heavy atom. The molecule has 0 bridgehead atoms. The number of hydrogen-bond acceptors (Lipinski definition) is 3. The van der Waals surface area contributed by atoms with E-state index in [1.807, 2.05) is 0 Å². The van der Waals surface area contributed by atoms with Crippen LogP contribution in [0.2, 0.25) is 0 Å². The average molecular weight is 240 g/mol. The maximum absolute atomic E-state index is 13.6. The predicted octanol–water partition coefficient (Wildman–Crippen LogP) is 1.26. The first kappa shape index (κ1) is 13.4. The van der Waals surface area contributed by atoms with E-state index in [1.54, 1.807) is 13.1 Å². The van der Waals surface area contributed by atoms with Crippen LogP contribution in [0.15, 0.2) is 18.2 Å². The number of benzene rings is 1. The lowest BCUT2D eigenvalue weighted by molar-refractivity contribution is 0.0786. The number of halogens is 1. The molecule has 0 unspecified atom stereocenters. The molecule has 1 aromatic carbocycles. The predicted molar refractivity (Wildman–Crippen MR) is 63.6 cm³/mol. The molecule has 0 saturated carbocycles. The van der Waals surface area contributed by atoms with E-state index in [0.717, 1.165) is 0 Å². The first-order valence-electron chi connectivity index (χ1n) is 5.39. The minimum absolute atomic E-state index is 0.0329. The minimum Gasteiger partial charge on any atom is -0.496 e. The fourth-order valence-electron chi connectivity index (χ4n) is 1.50. The van der Waals surface area contributed by atoms with Crippen LogP contribution in [-0.4, -0.2) is 38.1 Å². The molecule has 94 valence electrons. The van der Waals surface area contributed by atoms with Crippen LogP contribution < -0.4 is 10.5 Å². The van der Waals surface area contributed by atoms with E-state index in [2.05, 4.69) is 0 Å². The third-order valence-electron chi connectivity index (χ3n) is 2.45. The van der Waals surface area contributed by atoms with Crippen LogP contribution in [0.1, 0.15) is 16.8 Å². The van der Waals surface area contributed by atoms with Crippen molar-refractivity contribution in [1.29, 1.82) is 0 Å². The summed E-state index contributed by atoms with van der Waals surface area (Å²) >= 11 is 0. The molecule has 0 aliphatic carbocycles. The summed E-state index contributed by atoms with van der Waals surface area (Å²) in [5, 5.41) is 0. The molecule has 17 heavy (non-hydrogen) atoms. The van der Waals surface area contributed by atoms with Crippen LogP contribution in [0.25, 0.3) is 0 Å². The molecule has 0 aliphatic rings. The summed E-state index contributed by atoms with van der Waals surface area (Å²) in [6, 6.07) is 4.31. The van der Waals surface area contributed by atoms with Gasteiger partial charge in [0.2, 0.25) is 0 Å². The standard InChI is InChI=1S/C12H17FN2O2/c1-15(8-4-7-14)12(16)11-9(13)5-3-6-10(11)17-2/h3,5-6H,4,7-8,14H2,1-2H3. The Balaban J connectivity index is 2.95. The van der Waals surface area contributed by atoms with Crippen molar-refractivity contribution in [3.8, 4) is 5.75 Å². The lowest BCUT2D eigenvalue weighted by atomic mass is 10.1. The van der Waals surface area contributed by atoms with Crippen LogP contribution in [-0.2, 0) is 0 Å². The van der Waals surface area contributed by atoms with Gasteiger partial charge in [-0.3, -0.25) is 4.79 Å². The molecule has 0 heterocycles. The highest BCUT2D eigenvalue weighted by atomic mass is 19.1. The van der Waals surface area contributed by atoms with Gasteiger partial charge in [-0.15, -0.1) is 0 Å². The summed E-state index contributed by atoms with van der Waals surface area (Å²) < 4.78 is 18.6. The van der Waals surface area contributed by atoms with Crippen LogP contribution in [0, 0.1) is 5.82 Å². The van der Waals surface area contributed by atoms with Gasteiger partial charge in [0.1, 0.15) is 17.1 Å². The first-order chi connectivity index (χ1) is 8.11. The van der Waals surface area contributed by atoms with E-state index >= 15 is 0 Å². The van der Waals surface area contributed by atoms with Gasteiger partial charge in [-0.2, -0.15) is 0 Å². The molecule has 4 nitrogen and oxygen atoms in total. The monoisotopic (exact) mass is 240 g/mol. The zero-order valence-corrected chi connectivity index (χ0v) is 10.1. The van der Waals surface area contributed by atoms with E-state index in [1.165, 1.54) is 24.1 Å². The van der Waals surface area contributed by atoms with Crippen molar-refractivity contribution in [3.63, 3.8) is 0 Å². The second kappa shape index (κ2) is 6.20. The maximum Gasteiger partial charge on any atom is 0.260 e. The molecule has 0 fully saturated rings. The zero-order chi connectivity index (χ0) is 12.8. The lowest BCUT2D eigenvalue weighted by Gasteiger charge is -2.18. The number of carbonyl (C=O) groups is 1. The molecule has 0 saturated heterocycles. The molecule has 1 aromatic rings. The van der Waals surface area contributed by atoms with Gasteiger partial charge in [0.15, 0.2) is 0 Å². The molecular formula is C12H17FN2O2. The highest BCUT2D eigenvalue weighted by Gasteiger charge is 2.20. The number of nitrogens with two attached hydrogens (primary N) is 1. The molecular weight excluding hydrogens is 223 g/mol. The molecule has 0 aliphatic heterocycles. The second-order valence-corrected chi connectivity index (χ2v) is 3.69. The van der Waals surface area contributed by atoms with Gasteiger partial charge in [0.05, 0.1) is 7.11 Å². The number of ether oxygens (including phenoxy) is 1. The highest BCUT2D eigenvalue weighted by Crippen LogP contribution is 2.22. The van der Waals surface area contributed by atoms with Gasteiger partial charge in [0, 0.05) is 13.6 Å². The Hall–Kier alpha value is -1.62. The van der Waals surface area contributed by atoms with Crippen molar-refractivity contribution in [2.24, 2.45) is 5.73 Å². The van der Waals surface area contributed by atoms with Gasteiger partial charge in [-0.25, -0.2) is 4.39 Å². The summed E-state index contributed by atoms with van der Waals surface area (Å²) in [6.45, 7) is 0.985. The van der Waals surface area contributed by atoms with Gasteiger partial charge < -0.3 is 15.4 Å². The Kier molecular flexibility index (Phi) is 4.90. The first-order valence-corrected chi connectivity index (χ1v) is 5.39. The minimum atomic E-state index is -0.575. The highest BCUT2D eigenvalue weighted by molar-refractivity contribution is 5.97. The van der Waals surface area contributed by atoms with E-state index in [4.69, 9.17) is 10.5 Å². The van der Waals surface area contributed by atoms with Gasteiger partial charge in [-0.1, -0.05) is 6.07 Å². The lowest BCUT2D eigenvalue weighted by Crippen LogP contribution is -2.30. The zero-order valence-electron chi connectivity index (χ0n) is 10.1.